The number of rotatable bonds is 9. The van der Waals surface area contributed by atoms with Gasteiger partial charge in [-0.15, -0.1) is 0 Å². The third-order valence-corrected chi connectivity index (χ3v) is 7.20. The van der Waals surface area contributed by atoms with Gasteiger partial charge in [-0.2, -0.15) is 0 Å². The van der Waals surface area contributed by atoms with Gasteiger partial charge in [-0.05, 0) is 56.7 Å². The summed E-state index contributed by atoms with van der Waals surface area (Å²) in [6.45, 7) is 3.70. The Bertz CT molecular complexity index is 1530. The Balaban J connectivity index is 1.36. The van der Waals surface area contributed by atoms with E-state index in [1.807, 2.05) is 52.8 Å². The topological polar surface area (TPSA) is 110 Å². The second kappa shape index (κ2) is 10.2. The van der Waals surface area contributed by atoms with Crippen LogP contribution in [0.2, 0.25) is 0 Å². The number of imidazole rings is 1. The van der Waals surface area contributed by atoms with Crippen LogP contribution in [0, 0.1) is 0 Å². The molecule has 0 bridgehead atoms. The van der Waals surface area contributed by atoms with Gasteiger partial charge in [0, 0.05) is 55.3 Å². The number of imide groups is 1. The second-order valence-corrected chi connectivity index (χ2v) is 10.2. The minimum Gasteiger partial charge on any atom is -0.351 e. The number of fused-ring (bicyclic) bond motifs is 2. The highest BCUT2D eigenvalue weighted by Crippen LogP contribution is 2.25. The molecule has 0 atom stereocenters. The summed E-state index contributed by atoms with van der Waals surface area (Å²) in [5.41, 5.74) is 0.907. The van der Waals surface area contributed by atoms with Crippen LogP contribution in [-0.4, -0.2) is 66.2 Å². The number of nitrogens with one attached hydrogen (secondary N) is 1. The summed E-state index contributed by atoms with van der Waals surface area (Å²) in [5, 5.41) is 3.92. The number of nitrogens with zero attached hydrogens (tertiary/aromatic N) is 5. The van der Waals surface area contributed by atoms with E-state index in [9.17, 15) is 19.2 Å². The fourth-order valence-electron chi connectivity index (χ4n) is 4.92. The van der Waals surface area contributed by atoms with Gasteiger partial charge < -0.3 is 19.4 Å². The molecular formula is C29H30N6O4. The summed E-state index contributed by atoms with van der Waals surface area (Å²) >= 11 is 0. The maximum absolute atomic E-state index is 13.7. The molecule has 200 valence electrons. The standard InChI is InChI=1S/C29H30N6O4/c1-29(2,28(39)31-21-9-10-24-20(17-21)11-15-32(24)3)35(14-6-13-33-16-12-30-19-33)25(36)18-34-26(37)22-7-4-5-8-23(22)27(34)38/h4-5,7-12,15-17,19H,6,13-14,18H2,1-3H3,(H,31,39). The first-order valence-corrected chi connectivity index (χ1v) is 12.7. The Morgan fingerprint density at radius 3 is 2.38 bits per heavy atom. The molecule has 5 rings (SSSR count). The monoisotopic (exact) mass is 526 g/mol. The maximum atomic E-state index is 13.7. The van der Waals surface area contributed by atoms with Crippen molar-refractivity contribution in [2.45, 2.75) is 32.4 Å². The van der Waals surface area contributed by atoms with Crippen LogP contribution >= 0.6 is 0 Å². The fourth-order valence-corrected chi connectivity index (χ4v) is 4.92. The summed E-state index contributed by atoms with van der Waals surface area (Å²) in [6, 6.07) is 14.1. The van der Waals surface area contributed by atoms with Crippen molar-refractivity contribution in [3.8, 4) is 0 Å². The summed E-state index contributed by atoms with van der Waals surface area (Å²) in [5.74, 6) is -1.90. The van der Waals surface area contributed by atoms with E-state index in [1.54, 1.807) is 50.6 Å². The van der Waals surface area contributed by atoms with E-state index in [-0.39, 0.29) is 23.6 Å². The molecule has 2 aromatic heterocycles. The van der Waals surface area contributed by atoms with Gasteiger partial charge in [0.05, 0.1) is 17.5 Å². The van der Waals surface area contributed by atoms with E-state index >= 15 is 0 Å². The van der Waals surface area contributed by atoms with Gasteiger partial charge in [-0.25, -0.2) is 4.98 Å². The minimum absolute atomic E-state index is 0.234. The Kier molecular flexibility index (Phi) is 6.78. The highest BCUT2D eigenvalue weighted by atomic mass is 16.2. The Morgan fingerprint density at radius 2 is 1.72 bits per heavy atom. The molecule has 1 aliphatic heterocycles. The normalized spacial score (nSPS) is 13.2. The van der Waals surface area contributed by atoms with Gasteiger partial charge in [-0.1, -0.05) is 12.1 Å². The highest BCUT2D eigenvalue weighted by molar-refractivity contribution is 6.22. The Hall–Kier alpha value is -4.73. The molecular weight excluding hydrogens is 496 g/mol. The molecule has 3 heterocycles. The number of aromatic nitrogens is 3. The van der Waals surface area contributed by atoms with E-state index in [0.717, 1.165) is 15.8 Å². The molecule has 4 amide bonds. The van der Waals surface area contributed by atoms with Crippen molar-refractivity contribution < 1.29 is 19.2 Å². The molecule has 10 nitrogen and oxygen atoms in total. The van der Waals surface area contributed by atoms with Gasteiger partial charge in [0.1, 0.15) is 12.1 Å². The molecule has 1 N–H and O–H groups in total. The Morgan fingerprint density at radius 1 is 1.00 bits per heavy atom. The van der Waals surface area contributed by atoms with Crippen LogP contribution in [0.15, 0.2) is 73.4 Å². The summed E-state index contributed by atoms with van der Waals surface area (Å²) in [7, 11) is 1.95. The number of carbonyl (C=O) groups excluding carboxylic acids is 4. The smallest absolute Gasteiger partial charge is 0.262 e. The van der Waals surface area contributed by atoms with Gasteiger partial charge >= 0.3 is 0 Å². The lowest BCUT2D eigenvalue weighted by Crippen LogP contribution is -2.58. The van der Waals surface area contributed by atoms with Crippen LogP contribution < -0.4 is 5.32 Å². The predicted molar refractivity (Wildman–Crippen MR) is 146 cm³/mol. The number of hydrogen-bond acceptors (Lipinski definition) is 5. The van der Waals surface area contributed by atoms with Crippen molar-refractivity contribution >= 4 is 40.2 Å². The number of aryl methyl sites for hydroxylation is 2. The van der Waals surface area contributed by atoms with Gasteiger partial charge in [0.2, 0.25) is 11.8 Å². The van der Waals surface area contributed by atoms with E-state index in [1.165, 1.54) is 4.90 Å². The SMILES string of the molecule is Cn1ccc2cc(NC(=O)C(C)(C)N(CCCn3ccnc3)C(=O)CN3C(=O)c4ccccc4C3=O)ccc21. The maximum Gasteiger partial charge on any atom is 0.262 e. The van der Waals surface area contributed by atoms with Crippen molar-refractivity contribution in [1.29, 1.82) is 0 Å². The fraction of sp³-hybridized carbons (Fsp3) is 0.276. The number of hydrogen-bond donors (Lipinski definition) is 1. The molecule has 0 unspecified atom stereocenters. The van der Waals surface area contributed by atoms with Crippen LogP contribution in [0.4, 0.5) is 5.69 Å². The van der Waals surface area contributed by atoms with Crippen molar-refractivity contribution in [3.63, 3.8) is 0 Å². The van der Waals surface area contributed by atoms with Crippen LogP contribution in [0.5, 0.6) is 0 Å². The lowest BCUT2D eigenvalue weighted by Gasteiger charge is -2.38. The molecule has 39 heavy (non-hydrogen) atoms. The van der Waals surface area contributed by atoms with Gasteiger partial charge in [-0.3, -0.25) is 24.1 Å². The average molecular weight is 527 g/mol. The largest absolute Gasteiger partial charge is 0.351 e. The number of amides is 4. The van der Waals surface area contributed by atoms with Crippen molar-refractivity contribution in [2.24, 2.45) is 7.05 Å². The first-order valence-electron chi connectivity index (χ1n) is 12.7. The number of benzene rings is 2. The van der Waals surface area contributed by atoms with Gasteiger partial charge in [0.25, 0.3) is 11.8 Å². The van der Waals surface area contributed by atoms with Crippen LogP contribution in [0.3, 0.4) is 0 Å². The van der Waals surface area contributed by atoms with Crippen LogP contribution in [0.1, 0.15) is 41.0 Å². The zero-order chi connectivity index (χ0) is 27.7. The zero-order valence-electron chi connectivity index (χ0n) is 22.1. The minimum atomic E-state index is -1.28. The van der Waals surface area contributed by atoms with E-state index in [2.05, 4.69) is 10.3 Å². The molecule has 4 aromatic rings. The lowest BCUT2D eigenvalue weighted by atomic mass is 10.00. The highest BCUT2D eigenvalue weighted by Gasteiger charge is 2.41. The third kappa shape index (κ3) is 4.93. The second-order valence-electron chi connectivity index (χ2n) is 10.2. The van der Waals surface area contributed by atoms with Crippen molar-refractivity contribution in [2.75, 3.05) is 18.4 Å². The van der Waals surface area contributed by atoms with E-state index < -0.39 is 29.8 Å². The van der Waals surface area contributed by atoms with E-state index in [4.69, 9.17) is 0 Å². The molecule has 0 fully saturated rings. The Labute approximate surface area is 225 Å². The average Bonchev–Trinajstić information content (AvgIpc) is 3.63. The predicted octanol–water partition coefficient (Wildman–Crippen LogP) is 3.31. The van der Waals surface area contributed by atoms with Crippen molar-refractivity contribution in [3.05, 3.63) is 84.6 Å². The number of anilines is 1. The molecule has 0 spiro atoms. The molecule has 0 aliphatic carbocycles. The molecule has 0 radical (unpaired) electrons. The quantitative estimate of drug-likeness (QED) is 0.337. The summed E-state index contributed by atoms with van der Waals surface area (Å²) in [4.78, 5) is 59.5. The van der Waals surface area contributed by atoms with Crippen LogP contribution in [-0.2, 0) is 23.2 Å². The van der Waals surface area contributed by atoms with Crippen molar-refractivity contribution in [1.82, 2.24) is 23.9 Å². The first kappa shape index (κ1) is 25.9. The first-order chi connectivity index (χ1) is 18.7. The lowest BCUT2D eigenvalue weighted by molar-refractivity contribution is -0.143. The zero-order valence-corrected chi connectivity index (χ0v) is 22.1. The third-order valence-electron chi connectivity index (χ3n) is 7.20. The molecule has 10 heteroatoms. The molecule has 0 saturated heterocycles. The summed E-state index contributed by atoms with van der Waals surface area (Å²) in [6.07, 6.45) is 7.66. The molecule has 1 aliphatic rings. The number of carbonyl (C=O) groups is 4. The molecule has 0 saturated carbocycles. The van der Waals surface area contributed by atoms with E-state index in [0.29, 0.717) is 18.7 Å². The summed E-state index contributed by atoms with van der Waals surface area (Å²) < 4.78 is 3.87. The van der Waals surface area contributed by atoms with Gasteiger partial charge in [0.15, 0.2) is 0 Å². The van der Waals surface area contributed by atoms with Crippen LogP contribution in [0.25, 0.3) is 10.9 Å². The molecule has 2 aromatic carbocycles.